The van der Waals surface area contributed by atoms with E-state index in [1.165, 1.54) is 12.3 Å². The summed E-state index contributed by atoms with van der Waals surface area (Å²) in [5.74, 6) is 0.446. The molecule has 1 aliphatic rings. The highest BCUT2D eigenvalue weighted by Gasteiger charge is 2.42. The molecule has 1 aromatic heterocycles. The van der Waals surface area contributed by atoms with Gasteiger partial charge in [0.05, 0.1) is 5.56 Å². The van der Waals surface area contributed by atoms with Gasteiger partial charge in [-0.15, -0.1) is 11.6 Å². The largest absolute Gasteiger partial charge is 0.419 e. The van der Waals surface area contributed by atoms with Gasteiger partial charge in [-0.2, -0.15) is 13.2 Å². The van der Waals surface area contributed by atoms with Crippen LogP contribution in [0.1, 0.15) is 24.8 Å². The van der Waals surface area contributed by atoms with Crippen molar-refractivity contribution in [1.82, 2.24) is 4.98 Å². The van der Waals surface area contributed by atoms with Gasteiger partial charge in [-0.1, -0.05) is 0 Å². The molecule has 1 saturated carbocycles. The minimum absolute atomic E-state index is 0.0716. The number of hydrogen-bond donors (Lipinski definition) is 1. The lowest BCUT2D eigenvalue weighted by Crippen LogP contribution is -2.19. The summed E-state index contributed by atoms with van der Waals surface area (Å²) < 4.78 is 38.2. The van der Waals surface area contributed by atoms with E-state index in [-0.39, 0.29) is 11.2 Å². The molecule has 0 aliphatic heterocycles. The molecule has 0 atom stereocenters. The summed E-state index contributed by atoms with van der Waals surface area (Å²) in [6.45, 7) is 0.500. The SMILES string of the molecule is FC(F)(F)c1cccnc1NCC1(CCCl)CC1. The van der Waals surface area contributed by atoms with Crippen LogP contribution in [-0.2, 0) is 6.18 Å². The highest BCUT2D eigenvalue weighted by atomic mass is 35.5. The van der Waals surface area contributed by atoms with Gasteiger partial charge >= 0.3 is 6.18 Å². The number of anilines is 1. The monoisotopic (exact) mass is 278 g/mol. The molecule has 1 N–H and O–H groups in total. The molecule has 100 valence electrons. The molecule has 0 radical (unpaired) electrons. The number of alkyl halides is 4. The lowest BCUT2D eigenvalue weighted by molar-refractivity contribution is -0.137. The van der Waals surface area contributed by atoms with Gasteiger partial charge in [0, 0.05) is 18.6 Å². The molecular formula is C12H14ClF3N2. The molecule has 0 spiro atoms. The van der Waals surface area contributed by atoms with Crippen LogP contribution >= 0.6 is 11.6 Å². The molecule has 1 fully saturated rings. The van der Waals surface area contributed by atoms with Crippen molar-refractivity contribution in [2.75, 3.05) is 17.7 Å². The van der Waals surface area contributed by atoms with E-state index in [0.717, 1.165) is 25.3 Å². The normalized spacial score (nSPS) is 17.6. The predicted octanol–water partition coefficient (Wildman–Crippen LogP) is 3.92. The van der Waals surface area contributed by atoms with Crippen LogP contribution in [0.4, 0.5) is 19.0 Å². The van der Waals surface area contributed by atoms with Crippen molar-refractivity contribution >= 4 is 17.4 Å². The third-order valence-corrected chi connectivity index (χ3v) is 3.51. The Morgan fingerprint density at radius 1 is 1.39 bits per heavy atom. The van der Waals surface area contributed by atoms with Gasteiger partial charge < -0.3 is 5.32 Å². The number of hydrogen-bond acceptors (Lipinski definition) is 2. The first kappa shape index (κ1) is 13.5. The van der Waals surface area contributed by atoms with Crippen LogP contribution in [0.2, 0.25) is 0 Å². The molecule has 0 amide bonds. The molecule has 18 heavy (non-hydrogen) atoms. The van der Waals surface area contributed by atoms with Gasteiger partial charge in [0.25, 0.3) is 0 Å². The van der Waals surface area contributed by atoms with Crippen molar-refractivity contribution in [3.05, 3.63) is 23.9 Å². The molecule has 0 saturated heterocycles. The summed E-state index contributed by atoms with van der Waals surface area (Å²) in [5, 5.41) is 2.82. The van der Waals surface area contributed by atoms with Crippen molar-refractivity contribution < 1.29 is 13.2 Å². The first-order chi connectivity index (χ1) is 8.47. The average Bonchev–Trinajstić information content (AvgIpc) is 3.07. The van der Waals surface area contributed by atoms with Crippen LogP contribution in [0.5, 0.6) is 0 Å². The topological polar surface area (TPSA) is 24.9 Å². The lowest BCUT2D eigenvalue weighted by Gasteiger charge is -2.17. The summed E-state index contributed by atoms with van der Waals surface area (Å²) in [7, 11) is 0. The maximum absolute atomic E-state index is 12.7. The van der Waals surface area contributed by atoms with Crippen LogP contribution < -0.4 is 5.32 Å². The summed E-state index contributed by atoms with van der Waals surface area (Å²) in [5.41, 5.74) is -0.644. The van der Waals surface area contributed by atoms with Crippen LogP contribution in [0.15, 0.2) is 18.3 Å². The smallest absolute Gasteiger partial charge is 0.369 e. The number of halogens is 4. The third-order valence-electron chi connectivity index (χ3n) is 3.33. The van der Waals surface area contributed by atoms with Gasteiger partial charge in [-0.3, -0.25) is 0 Å². The van der Waals surface area contributed by atoms with E-state index in [1.807, 2.05) is 0 Å². The standard InChI is InChI=1S/C12H14ClF3N2/c13-6-5-11(3-4-11)8-18-10-9(12(14,15)16)2-1-7-17-10/h1-2,7H,3-6,8H2,(H,17,18). The fourth-order valence-electron chi connectivity index (χ4n) is 1.94. The van der Waals surface area contributed by atoms with Crippen molar-refractivity contribution in [1.29, 1.82) is 0 Å². The van der Waals surface area contributed by atoms with Crippen LogP contribution in [-0.4, -0.2) is 17.4 Å². The minimum atomic E-state index is -4.38. The molecule has 0 bridgehead atoms. The minimum Gasteiger partial charge on any atom is -0.369 e. The molecule has 1 aliphatic carbocycles. The Morgan fingerprint density at radius 3 is 2.67 bits per heavy atom. The molecule has 0 aromatic carbocycles. The lowest BCUT2D eigenvalue weighted by atomic mass is 10.0. The fourth-order valence-corrected chi connectivity index (χ4v) is 2.34. The molecule has 6 heteroatoms. The summed E-state index contributed by atoms with van der Waals surface area (Å²) >= 11 is 5.69. The van der Waals surface area contributed by atoms with Crippen molar-refractivity contribution in [3.8, 4) is 0 Å². The summed E-state index contributed by atoms with van der Waals surface area (Å²) in [4.78, 5) is 3.77. The Labute approximate surface area is 109 Å². The van der Waals surface area contributed by atoms with Gasteiger partial charge in [0.15, 0.2) is 0 Å². The van der Waals surface area contributed by atoms with E-state index >= 15 is 0 Å². The highest BCUT2D eigenvalue weighted by Crippen LogP contribution is 2.49. The number of pyridine rings is 1. The van der Waals surface area contributed by atoms with Crippen molar-refractivity contribution in [2.45, 2.75) is 25.4 Å². The molecule has 2 rings (SSSR count). The molecule has 1 heterocycles. The van der Waals surface area contributed by atoms with Gasteiger partial charge in [0.2, 0.25) is 0 Å². The van der Waals surface area contributed by atoms with Gasteiger partial charge in [0.1, 0.15) is 5.82 Å². The summed E-state index contributed by atoms with van der Waals surface area (Å²) in [6, 6.07) is 2.33. The van der Waals surface area contributed by atoms with Gasteiger partial charge in [-0.25, -0.2) is 4.98 Å². The van der Waals surface area contributed by atoms with Gasteiger partial charge in [-0.05, 0) is 36.8 Å². The molecule has 1 aromatic rings. The first-order valence-electron chi connectivity index (χ1n) is 5.79. The van der Waals surface area contributed by atoms with E-state index in [0.29, 0.717) is 12.4 Å². The van der Waals surface area contributed by atoms with Crippen molar-refractivity contribution in [2.24, 2.45) is 5.41 Å². The van der Waals surface area contributed by atoms with Crippen LogP contribution in [0, 0.1) is 5.41 Å². The zero-order valence-corrected chi connectivity index (χ0v) is 10.5. The maximum Gasteiger partial charge on any atom is 0.419 e. The molecule has 2 nitrogen and oxygen atoms in total. The van der Waals surface area contributed by atoms with Crippen LogP contribution in [0.3, 0.4) is 0 Å². The maximum atomic E-state index is 12.7. The Bertz CT molecular complexity index is 416. The van der Waals surface area contributed by atoms with Crippen LogP contribution in [0.25, 0.3) is 0 Å². The number of aromatic nitrogens is 1. The Morgan fingerprint density at radius 2 is 2.11 bits per heavy atom. The third kappa shape index (κ3) is 3.07. The number of nitrogens with zero attached hydrogens (tertiary/aromatic N) is 1. The van der Waals surface area contributed by atoms with E-state index in [1.54, 1.807) is 0 Å². The predicted molar refractivity (Wildman–Crippen MR) is 64.7 cm³/mol. The Kier molecular flexibility index (Phi) is 3.71. The van der Waals surface area contributed by atoms with E-state index in [2.05, 4.69) is 10.3 Å². The second kappa shape index (κ2) is 4.96. The molecule has 0 unspecified atom stereocenters. The number of rotatable bonds is 5. The average molecular weight is 279 g/mol. The van der Waals surface area contributed by atoms with E-state index in [4.69, 9.17) is 11.6 Å². The first-order valence-corrected chi connectivity index (χ1v) is 6.32. The van der Waals surface area contributed by atoms with Crippen molar-refractivity contribution in [3.63, 3.8) is 0 Å². The quantitative estimate of drug-likeness (QED) is 0.826. The fraction of sp³-hybridized carbons (Fsp3) is 0.583. The second-order valence-electron chi connectivity index (χ2n) is 4.69. The van der Waals surface area contributed by atoms with E-state index in [9.17, 15) is 13.2 Å². The second-order valence-corrected chi connectivity index (χ2v) is 5.07. The number of nitrogens with one attached hydrogen (secondary N) is 1. The summed E-state index contributed by atoms with van der Waals surface area (Å²) in [6.07, 6.45) is -0.157. The zero-order chi connectivity index (χ0) is 13.2. The Balaban J connectivity index is 2.06. The highest BCUT2D eigenvalue weighted by molar-refractivity contribution is 6.17. The zero-order valence-electron chi connectivity index (χ0n) is 9.73. The Hall–Kier alpha value is -0.970. The molecular weight excluding hydrogens is 265 g/mol. The van der Waals surface area contributed by atoms with E-state index < -0.39 is 11.7 Å².